The van der Waals surface area contributed by atoms with Gasteiger partial charge in [-0.2, -0.15) is 0 Å². The Labute approximate surface area is 122 Å². The number of rotatable bonds is 8. The molecule has 0 aliphatic carbocycles. The number of hydrogen-bond donors (Lipinski definition) is 2. The van der Waals surface area contributed by atoms with Crippen LogP contribution in [-0.4, -0.2) is 28.2 Å². The molecule has 3 N–H and O–H groups in total. The average molecular weight is 351 g/mol. The molecule has 19 heavy (non-hydrogen) atoms. The van der Waals surface area contributed by atoms with E-state index >= 15 is 0 Å². The van der Waals surface area contributed by atoms with Crippen LogP contribution in [0.2, 0.25) is 0 Å². The summed E-state index contributed by atoms with van der Waals surface area (Å²) < 4.78 is 32.3. The Kier molecular flexibility index (Phi) is 6.78. The van der Waals surface area contributed by atoms with Gasteiger partial charge in [0, 0.05) is 23.3 Å². The van der Waals surface area contributed by atoms with Crippen molar-refractivity contribution >= 4 is 31.6 Å². The Balaban J connectivity index is 2.52. The average Bonchev–Trinajstić information content (AvgIpc) is 2.33. The van der Waals surface area contributed by atoms with Gasteiger partial charge < -0.3 is 10.5 Å². The van der Waals surface area contributed by atoms with Crippen LogP contribution in [0.3, 0.4) is 0 Å². The lowest BCUT2D eigenvalue weighted by Gasteiger charge is -2.09. The van der Waals surface area contributed by atoms with Crippen molar-refractivity contribution in [3.8, 4) is 0 Å². The van der Waals surface area contributed by atoms with E-state index in [9.17, 15) is 8.42 Å². The summed E-state index contributed by atoms with van der Waals surface area (Å²) in [5.74, 6) is 0. The Morgan fingerprint density at radius 2 is 2.11 bits per heavy atom. The summed E-state index contributed by atoms with van der Waals surface area (Å²) in [5, 5.41) is 0. The van der Waals surface area contributed by atoms with Crippen molar-refractivity contribution < 1.29 is 13.2 Å². The summed E-state index contributed by atoms with van der Waals surface area (Å²) in [5.41, 5.74) is 6.08. The molecule has 0 spiro atoms. The normalized spacial score (nSPS) is 11.7. The van der Waals surface area contributed by atoms with E-state index in [1.54, 1.807) is 12.1 Å². The topological polar surface area (TPSA) is 81.4 Å². The quantitative estimate of drug-likeness (QED) is 0.555. The number of nitrogens with two attached hydrogens (primary N) is 1. The van der Waals surface area contributed by atoms with Gasteiger partial charge in [0.15, 0.2) is 0 Å². The van der Waals surface area contributed by atoms with Gasteiger partial charge in [0.05, 0.1) is 11.5 Å². The fourth-order valence-corrected chi connectivity index (χ4v) is 3.52. The molecule has 0 amide bonds. The van der Waals surface area contributed by atoms with Gasteiger partial charge in [-0.15, -0.1) is 0 Å². The van der Waals surface area contributed by atoms with Crippen LogP contribution >= 0.6 is 15.9 Å². The monoisotopic (exact) mass is 350 g/mol. The van der Waals surface area contributed by atoms with Crippen molar-refractivity contribution in [3.63, 3.8) is 0 Å². The molecule has 1 aromatic rings. The molecule has 0 aromatic heterocycles. The SMILES string of the molecule is CCCCOCCNS(=O)(=O)c1ccc(N)cc1Br. The van der Waals surface area contributed by atoms with Crippen LogP contribution in [0, 0.1) is 0 Å². The zero-order valence-electron chi connectivity index (χ0n) is 10.9. The van der Waals surface area contributed by atoms with Gasteiger partial charge in [-0.1, -0.05) is 13.3 Å². The molecule has 5 nitrogen and oxygen atoms in total. The largest absolute Gasteiger partial charge is 0.399 e. The molecule has 0 saturated heterocycles. The lowest BCUT2D eigenvalue weighted by Crippen LogP contribution is -2.27. The second-order valence-electron chi connectivity index (χ2n) is 4.05. The van der Waals surface area contributed by atoms with Crippen molar-refractivity contribution in [2.75, 3.05) is 25.5 Å². The predicted molar refractivity (Wildman–Crippen MR) is 79.5 cm³/mol. The lowest BCUT2D eigenvalue weighted by atomic mass is 10.3. The van der Waals surface area contributed by atoms with Crippen LogP contribution in [-0.2, 0) is 14.8 Å². The summed E-state index contributed by atoms with van der Waals surface area (Å²) in [6, 6.07) is 4.59. The van der Waals surface area contributed by atoms with E-state index in [2.05, 4.69) is 27.6 Å². The maximum Gasteiger partial charge on any atom is 0.241 e. The third-order valence-corrected chi connectivity index (χ3v) is 4.86. The zero-order chi connectivity index (χ0) is 14.3. The number of hydrogen-bond acceptors (Lipinski definition) is 4. The second kappa shape index (κ2) is 7.84. The first-order chi connectivity index (χ1) is 8.97. The molecule has 0 heterocycles. The molecule has 0 aliphatic rings. The van der Waals surface area contributed by atoms with Crippen LogP contribution in [0.25, 0.3) is 0 Å². The van der Waals surface area contributed by atoms with E-state index < -0.39 is 10.0 Å². The predicted octanol–water partition coefficient (Wildman–Crippen LogP) is 2.13. The molecule has 0 saturated carbocycles. The van der Waals surface area contributed by atoms with Gasteiger partial charge in [-0.05, 0) is 40.5 Å². The number of nitrogens with one attached hydrogen (secondary N) is 1. The Hall–Kier alpha value is -0.630. The van der Waals surface area contributed by atoms with E-state index in [4.69, 9.17) is 10.5 Å². The first-order valence-electron chi connectivity index (χ1n) is 6.10. The smallest absolute Gasteiger partial charge is 0.241 e. The third kappa shape index (κ3) is 5.48. The second-order valence-corrected chi connectivity index (χ2v) is 6.64. The minimum absolute atomic E-state index is 0.176. The van der Waals surface area contributed by atoms with E-state index in [0.717, 1.165) is 12.8 Å². The van der Waals surface area contributed by atoms with E-state index in [1.807, 2.05) is 0 Å². The van der Waals surface area contributed by atoms with Gasteiger partial charge >= 0.3 is 0 Å². The van der Waals surface area contributed by atoms with Crippen molar-refractivity contribution in [1.82, 2.24) is 4.72 Å². The first-order valence-corrected chi connectivity index (χ1v) is 8.37. The molecule has 1 rings (SSSR count). The van der Waals surface area contributed by atoms with Gasteiger partial charge in [-0.25, -0.2) is 13.1 Å². The molecule has 0 unspecified atom stereocenters. The Bertz CT molecular complexity index is 506. The van der Waals surface area contributed by atoms with Gasteiger partial charge in [0.25, 0.3) is 0 Å². The highest BCUT2D eigenvalue weighted by Gasteiger charge is 2.16. The summed E-state index contributed by atoms with van der Waals surface area (Å²) in [6.45, 7) is 3.35. The summed E-state index contributed by atoms with van der Waals surface area (Å²) in [7, 11) is -3.53. The highest BCUT2D eigenvalue weighted by Crippen LogP contribution is 2.23. The number of nitrogen functional groups attached to an aromatic ring is 1. The molecule has 0 bridgehead atoms. The fourth-order valence-electron chi connectivity index (χ4n) is 1.41. The Morgan fingerprint density at radius 1 is 1.37 bits per heavy atom. The van der Waals surface area contributed by atoms with Crippen LogP contribution in [0.1, 0.15) is 19.8 Å². The summed E-state index contributed by atoms with van der Waals surface area (Å²) in [4.78, 5) is 0.176. The number of unbranched alkanes of at least 4 members (excludes halogenated alkanes) is 1. The standard InChI is InChI=1S/C12H19BrN2O3S/c1-2-3-7-18-8-6-15-19(16,17)12-5-4-10(14)9-11(12)13/h4-5,9,15H,2-3,6-8,14H2,1H3. The van der Waals surface area contributed by atoms with E-state index in [0.29, 0.717) is 23.4 Å². The van der Waals surface area contributed by atoms with Crippen LogP contribution in [0.4, 0.5) is 5.69 Å². The molecule has 1 aromatic carbocycles. The minimum Gasteiger partial charge on any atom is -0.399 e. The maximum absolute atomic E-state index is 12.0. The number of anilines is 1. The molecule has 0 atom stereocenters. The van der Waals surface area contributed by atoms with Gasteiger partial charge in [-0.3, -0.25) is 0 Å². The number of sulfonamides is 1. The maximum atomic E-state index is 12.0. The van der Waals surface area contributed by atoms with Crippen molar-refractivity contribution in [1.29, 1.82) is 0 Å². The lowest BCUT2D eigenvalue weighted by molar-refractivity contribution is 0.136. The molecule has 0 aliphatic heterocycles. The van der Waals surface area contributed by atoms with Crippen LogP contribution < -0.4 is 10.5 Å². The van der Waals surface area contributed by atoms with Crippen LogP contribution in [0.15, 0.2) is 27.6 Å². The Morgan fingerprint density at radius 3 is 2.74 bits per heavy atom. The van der Waals surface area contributed by atoms with Crippen molar-refractivity contribution in [3.05, 3.63) is 22.7 Å². The van der Waals surface area contributed by atoms with E-state index in [1.165, 1.54) is 6.07 Å². The van der Waals surface area contributed by atoms with Gasteiger partial charge in [0.1, 0.15) is 0 Å². The molecule has 108 valence electrons. The summed E-state index contributed by atoms with van der Waals surface area (Å²) >= 11 is 3.20. The molecule has 0 radical (unpaired) electrons. The fraction of sp³-hybridized carbons (Fsp3) is 0.500. The highest BCUT2D eigenvalue weighted by atomic mass is 79.9. The van der Waals surface area contributed by atoms with Crippen LogP contribution in [0.5, 0.6) is 0 Å². The highest BCUT2D eigenvalue weighted by molar-refractivity contribution is 9.10. The molecular formula is C12H19BrN2O3S. The number of benzene rings is 1. The van der Waals surface area contributed by atoms with Crippen molar-refractivity contribution in [2.45, 2.75) is 24.7 Å². The molecular weight excluding hydrogens is 332 g/mol. The minimum atomic E-state index is -3.53. The number of ether oxygens (including phenoxy) is 1. The van der Waals surface area contributed by atoms with E-state index in [-0.39, 0.29) is 11.4 Å². The molecule has 7 heteroatoms. The third-order valence-electron chi connectivity index (χ3n) is 2.43. The number of halogens is 1. The summed E-state index contributed by atoms with van der Waals surface area (Å²) in [6.07, 6.45) is 2.04. The van der Waals surface area contributed by atoms with Crippen molar-refractivity contribution in [2.24, 2.45) is 0 Å². The van der Waals surface area contributed by atoms with Gasteiger partial charge in [0.2, 0.25) is 10.0 Å². The molecule has 0 fully saturated rings. The first kappa shape index (κ1) is 16.4. The zero-order valence-corrected chi connectivity index (χ0v) is 13.3.